The molecule has 2 aromatic carbocycles. The van der Waals surface area contributed by atoms with Gasteiger partial charge in [0.1, 0.15) is 5.75 Å². The molecule has 0 bridgehead atoms. The van der Waals surface area contributed by atoms with E-state index in [4.69, 9.17) is 4.74 Å². The van der Waals surface area contributed by atoms with E-state index in [0.29, 0.717) is 24.0 Å². The molecule has 27 heavy (non-hydrogen) atoms. The highest BCUT2D eigenvalue weighted by Crippen LogP contribution is 2.46. The SMILES string of the molecule is CC(C)COc1c(C(F)(F)F)ccc(-c2ccccc2)c1C1CCC(=O)N1. The molecule has 2 aromatic rings. The van der Waals surface area contributed by atoms with E-state index in [0.717, 1.165) is 11.6 Å². The zero-order valence-electron chi connectivity index (χ0n) is 15.3. The van der Waals surface area contributed by atoms with Crippen molar-refractivity contribution in [2.24, 2.45) is 5.92 Å². The Kier molecular flexibility index (Phi) is 5.44. The van der Waals surface area contributed by atoms with Crippen LogP contribution in [-0.4, -0.2) is 12.5 Å². The van der Waals surface area contributed by atoms with Gasteiger partial charge in [0.05, 0.1) is 18.2 Å². The predicted octanol–water partition coefficient (Wildman–Crippen LogP) is 5.36. The lowest BCUT2D eigenvalue weighted by molar-refractivity contribution is -0.139. The summed E-state index contributed by atoms with van der Waals surface area (Å²) < 4.78 is 46.7. The van der Waals surface area contributed by atoms with Gasteiger partial charge in [0.2, 0.25) is 5.91 Å². The molecule has 3 nitrogen and oxygen atoms in total. The molecule has 1 aliphatic rings. The van der Waals surface area contributed by atoms with Crippen molar-refractivity contribution in [2.75, 3.05) is 6.61 Å². The summed E-state index contributed by atoms with van der Waals surface area (Å²) in [5.41, 5.74) is 1.04. The maximum absolute atomic E-state index is 13.7. The fourth-order valence-electron chi connectivity index (χ4n) is 3.27. The van der Waals surface area contributed by atoms with Gasteiger partial charge in [0.15, 0.2) is 0 Å². The molecule has 1 atom stereocenters. The average molecular weight is 377 g/mol. The van der Waals surface area contributed by atoms with Gasteiger partial charge in [-0.05, 0) is 29.5 Å². The van der Waals surface area contributed by atoms with Crippen LogP contribution in [0.2, 0.25) is 0 Å². The second-order valence-electron chi connectivity index (χ2n) is 7.13. The van der Waals surface area contributed by atoms with Crippen LogP contribution in [0.1, 0.15) is 43.9 Å². The summed E-state index contributed by atoms with van der Waals surface area (Å²) in [5, 5.41) is 2.80. The van der Waals surface area contributed by atoms with E-state index >= 15 is 0 Å². The number of alkyl halides is 3. The summed E-state index contributed by atoms with van der Waals surface area (Å²) in [4.78, 5) is 11.8. The van der Waals surface area contributed by atoms with Crippen LogP contribution in [0.15, 0.2) is 42.5 Å². The lowest BCUT2D eigenvalue weighted by Gasteiger charge is -2.24. The largest absolute Gasteiger partial charge is 0.492 e. The van der Waals surface area contributed by atoms with Crippen molar-refractivity contribution in [3.8, 4) is 16.9 Å². The van der Waals surface area contributed by atoms with Crippen LogP contribution in [0.3, 0.4) is 0 Å². The summed E-state index contributed by atoms with van der Waals surface area (Å²) >= 11 is 0. The Morgan fingerprint density at radius 3 is 2.41 bits per heavy atom. The molecule has 1 saturated heterocycles. The maximum atomic E-state index is 13.7. The topological polar surface area (TPSA) is 38.3 Å². The Bertz CT molecular complexity index is 816. The zero-order chi connectivity index (χ0) is 19.6. The van der Waals surface area contributed by atoms with Gasteiger partial charge in [0, 0.05) is 12.0 Å². The molecule has 0 spiro atoms. The van der Waals surface area contributed by atoms with Gasteiger partial charge in [-0.3, -0.25) is 4.79 Å². The summed E-state index contributed by atoms with van der Waals surface area (Å²) in [6.45, 7) is 3.92. The molecule has 6 heteroatoms. The van der Waals surface area contributed by atoms with Gasteiger partial charge in [0.25, 0.3) is 0 Å². The highest BCUT2D eigenvalue weighted by molar-refractivity contribution is 5.81. The highest BCUT2D eigenvalue weighted by atomic mass is 19.4. The third kappa shape index (κ3) is 4.26. The quantitative estimate of drug-likeness (QED) is 0.762. The van der Waals surface area contributed by atoms with Gasteiger partial charge >= 0.3 is 6.18 Å². The second kappa shape index (κ2) is 7.62. The molecule has 3 rings (SSSR count). The van der Waals surface area contributed by atoms with E-state index in [-0.39, 0.29) is 24.2 Å². The Morgan fingerprint density at radius 2 is 1.85 bits per heavy atom. The normalized spacial score (nSPS) is 17.3. The van der Waals surface area contributed by atoms with Crippen molar-refractivity contribution in [1.29, 1.82) is 0 Å². The maximum Gasteiger partial charge on any atom is 0.419 e. The van der Waals surface area contributed by atoms with E-state index in [1.54, 1.807) is 0 Å². The highest BCUT2D eigenvalue weighted by Gasteiger charge is 2.39. The summed E-state index contributed by atoms with van der Waals surface area (Å²) in [7, 11) is 0. The summed E-state index contributed by atoms with van der Waals surface area (Å²) in [5.74, 6) is -0.270. The number of benzene rings is 2. The first-order chi connectivity index (χ1) is 12.8. The van der Waals surface area contributed by atoms with Gasteiger partial charge in [-0.15, -0.1) is 0 Å². The van der Waals surface area contributed by atoms with Crippen LogP contribution in [0, 0.1) is 5.92 Å². The molecule has 0 aliphatic carbocycles. The Balaban J connectivity index is 2.22. The third-order valence-electron chi connectivity index (χ3n) is 4.49. The zero-order valence-corrected chi connectivity index (χ0v) is 15.3. The Hall–Kier alpha value is -2.50. The molecular formula is C21H22F3NO2. The number of hydrogen-bond acceptors (Lipinski definition) is 2. The van der Waals surface area contributed by atoms with E-state index in [2.05, 4.69) is 5.32 Å². The minimum absolute atomic E-state index is 0.0671. The number of hydrogen-bond donors (Lipinski definition) is 1. The smallest absolute Gasteiger partial charge is 0.419 e. The number of carbonyl (C=O) groups is 1. The molecule has 0 radical (unpaired) electrons. The second-order valence-corrected chi connectivity index (χ2v) is 7.13. The molecule has 1 fully saturated rings. The molecule has 0 saturated carbocycles. The first kappa shape index (κ1) is 19.3. The van der Waals surface area contributed by atoms with Crippen molar-refractivity contribution in [2.45, 2.75) is 38.9 Å². The minimum atomic E-state index is -4.54. The molecule has 1 aliphatic heterocycles. The van der Waals surface area contributed by atoms with E-state index < -0.39 is 17.8 Å². The number of rotatable bonds is 5. The molecular weight excluding hydrogens is 355 g/mol. The number of nitrogens with one attached hydrogen (secondary N) is 1. The molecule has 1 heterocycles. The molecule has 1 amide bonds. The number of halogens is 3. The van der Waals surface area contributed by atoms with Crippen LogP contribution in [0.25, 0.3) is 11.1 Å². The van der Waals surface area contributed by atoms with E-state index in [9.17, 15) is 18.0 Å². The van der Waals surface area contributed by atoms with Gasteiger partial charge in [-0.2, -0.15) is 13.2 Å². The van der Waals surface area contributed by atoms with Crippen molar-refractivity contribution < 1.29 is 22.7 Å². The Labute approximate surface area is 156 Å². The molecule has 1 unspecified atom stereocenters. The van der Waals surface area contributed by atoms with Crippen LogP contribution >= 0.6 is 0 Å². The summed E-state index contributed by atoms with van der Waals surface area (Å²) in [6, 6.07) is 11.2. The van der Waals surface area contributed by atoms with Crippen molar-refractivity contribution in [3.05, 3.63) is 53.6 Å². The number of amides is 1. The van der Waals surface area contributed by atoms with Gasteiger partial charge in [-0.1, -0.05) is 50.2 Å². The van der Waals surface area contributed by atoms with Crippen molar-refractivity contribution in [1.82, 2.24) is 5.32 Å². The van der Waals surface area contributed by atoms with Gasteiger partial charge in [-0.25, -0.2) is 0 Å². The average Bonchev–Trinajstić information content (AvgIpc) is 3.05. The van der Waals surface area contributed by atoms with Crippen LogP contribution in [0.4, 0.5) is 13.2 Å². The lowest BCUT2D eigenvalue weighted by Crippen LogP contribution is -2.22. The van der Waals surface area contributed by atoms with Crippen LogP contribution in [0.5, 0.6) is 5.75 Å². The number of carbonyl (C=O) groups excluding carboxylic acids is 1. The summed E-state index contributed by atoms with van der Waals surface area (Å²) in [6.07, 6.45) is -3.81. The first-order valence-corrected chi connectivity index (χ1v) is 8.99. The number of ether oxygens (including phenoxy) is 1. The Morgan fingerprint density at radius 1 is 1.15 bits per heavy atom. The van der Waals surface area contributed by atoms with Crippen molar-refractivity contribution in [3.63, 3.8) is 0 Å². The fourth-order valence-corrected chi connectivity index (χ4v) is 3.27. The van der Waals surface area contributed by atoms with Gasteiger partial charge < -0.3 is 10.1 Å². The van der Waals surface area contributed by atoms with Crippen LogP contribution < -0.4 is 10.1 Å². The standard InChI is InChI=1S/C21H22F3NO2/c1-13(2)12-27-20-16(21(22,23)24)9-8-15(14-6-4-3-5-7-14)19(20)17-10-11-18(26)25-17/h3-9,13,17H,10-12H2,1-2H3,(H,25,26). The predicted molar refractivity (Wildman–Crippen MR) is 97.3 cm³/mol. The van der Waals surface area contributed by atoms with Crippen molar-refractivity contribution >= 4 is 5.91 Å². The van der Waals surface area contributed by atoms with E-state index in [1.165, 1.54) is 6.07 Å². The van der Waals surface area contributed by atoms with E-state index in [1.807, 2.05) is 44.2 Å². The fraction of sp³-hybridized carbons (Fsp3) is 0.381. The monoisotopic (exact) mass is 377 g/mol. The molecule has 0 aromatic heterocycles. The lowest BCUT2D eigenvalue weighted by atomic mass is 9.90. The third-order valence-corrected chi connectivity index (χ3v) is 4.49. The van der Waals surface area contributed by atoms with Crippen LogP contribution in [-0.2, 0) is 11.0 Å². The molecule has 144 valence electrons. The minimum Gasteiger partial charge on any atom is -0.492 e. The molecule has 1 N–H and O–H groups in total. The first-order valence-electron chi connectivity index (χ1n) is 8.99.